The van der Waals surface area contributed by atoms with E-state index in [0.717, 1.165) is 17.6 Å². The fourth-order valence-electron chi connectivity index (χ4n) is 29.3. The van der Waals surface area contributed by atoms with Gasteiger partial charge in [0, 0.05) is 49.7 Å². The molecule has 0 N–H and O–H groups in total. The summed E-state index contributed by atoms with van der Waals surface area (Å²) >= 11 is 0. The number of methoxy groups -OCH3 is 2. The molecule has 0 radical (unpaired) electrons. The topological polar surface area (TPSA) is 55.4 Å². The number of rotatable bonds is 17. The minimum atomic E-state index is -0.235. The third-order valence-electron chi connectivity index (χ3n) is 29.6. The molecule has 2 spiro atoms. The third-order valence-corrected chi connectivity index (χ3v) is 29.6. The van der Waals surface area contributed by atoms with Crippen LogP contribution in [0.1, 0.15) is 102 Å². The average Bonchev–Trinajstić information content (AvgIpc) is 1.39. The van der Waals surface area contributed by atoms with Crippen LogP contribution in [0.2, 0.25) is 0 Å². The van der Waals surface area contributed by atoms with Gasteiger partial charge in [-0.3, -0.25) is 0 Å². The van der Waals surface area contributed by atoms with Crippen LogP contribution in [0.4, 0.5) is 0 Å². The summed E-state index contributed by atoms with van der Waals surface area (Å²) in [6.45, 7) is 8.17. The van der Waals surface area contributed by atoms with Gasteiger partial charge in [-0.1, -0.05) is 0 Å². The van der Waals surface area contributed by atoms with Gasteiger partial charge in [0.15, 0.2) is 0 Å². The molecule has 0 bridgehead atoms. The Bertz CT molecular complexity index is 6830. The molecule has 1 fully saturated rings. The van der Waals surface area contributed by atoms with E-state index in [9.17, 15) is 0 Å². The van der Waals surface area contributed by atoms with E-state index < -0.39 is 0 Å². The Morgan fingerprint density at radius 1 is 0.361 bits per heavy atom. The largest absolute Gasteiger partial charge is 0.382 e. The number of ether oxygens (including phenoxy) is 6. The van der Waals surface area contributed by atoms with Crippen LogP contribution >= 0.6 is 0 Å². The first-order chi connectivity index (χ1) is 41.2. The lowest BCUT2D eigenvalue weighted by atomic mass is 9.41. The summed E-state index contributed by atoms with van der Waals surface area (Å²) in [5.41, 5.74) is 28.6. The Hall–Kier alpha value is -7.04. The van der Waals surface area contributed by atoms with Crippen LogP contribution in [0.15, 0.2) is 11.1 Å². The highest BCUT2D eigenvalue weighted by Crippen LogP contribution is 2.95. The summed E-state index contributed by atoms with van der Waals surface area (Å²) < 4.78 is 38.5. The maximum absolute atomic E-state index is 7.51. The van der Waals surface area contributed by atoms with Crippen LogP contribution < -0.4 is 0 Å². The number of allylic oxidation sites excluding steroid dienone is 2. The van der Waals surface area contributed by atoms with Crippen molar-refractivity contribution in [2.75, 3.05) is 100 Å². The van der Waals surface area contributed by atoms with Crippen molar-refractivity contribution in [3.63, 3.8) is 0 Å². The lowest BCUT2D eigenvalue weighted by molar-refractivity contribution is -0.926. The van der Waals surface area contributed by atoms with Crippen LogP contribution in [-0.4, -0.2) is 111 Å². The molecule has 0 aromatic heterocycles. The van der Waals surface area contributed by atoms with Crippen molar-refractivity contribution in [3.05, 3.63) is 77.9 Å². The molecular weight excluding hydrogens is 1020 g/mol. The molecule has 14 aliphatic rings. The number of quaternary nitrogens is 1. The fourth-order valence-corrected chi connectivity index (χ4v) is 29.3. The molecular formula is C76H40NO6+. The van der Waals surface area contributed by atoms with Crippen LogP contribution in [0, 0.1) is 5.41 Å². The van der Waals surface area contributed by atoms with E-state index in [1.165, 1.54) is 0 Å². The molecule has 83 heavy (non-hydrogen) atoms. The van der Waals surface area contributed by atoms with Gasteiger partial charge in [0.2, 0.25) is 0 Å². The summed E-state index contributed by atoms with van der Waals surface area (Å²) in [6, 6.07) is 0.185. The smallest absolute Gasteiger partial charge is 0.124 e. The second-order valence-corrected chi connectivity index (χ2v) is 30.3. The van der Waals surface area contributed by atoms with Crippen molar-refractivity contribution in [2.24, 2.45) is 5.41 Å². The number of nitrogens with zero attached hydrogens (tertiary/aromatic N) is 1. The predicted molar refractivity (Wildman–Crippen MR) is 328 cm³/mol. The standard InChI is InChI=1S/C76H40NO6/c1-77(4-5-80-10-11-81-8-6-78-2)15-75-71-63-55-45-35-27-19-17-18-21-25-23(19)31-39-33(25)43-37-29(21)30-22(18)26-24-20(17)28(27)36-42-32(24)40-34(26)44-38(30)48-47(37)59-53(43)61-51(39)57(49(55)41(31)35)65(71)67(61)73-69(59)70-60(48)54(44)62-52(40)58-50(42)56(46(36)45)64(63)72(75)66(58)68(62)74(70)76(73,75)16(77)14-83-13-12-82-9-7-79-3/h16,53,55,61,63,68,74H,4-15H2,1-3H3/q+1. The number of hydrogen-bond donors (Lipinski definition) is 0. The van der Waals surface area contributed by atoms with E-state index >= 15 is 0 Å². The minimum Gasteiger partial charge on any atom is -0.382 e. The summed E-state index contributed by atoms with van der Waals surface area (Å²) in [7, 11) is 6.25. The molecule has 0 amide bonds. The lowest BCUT2D eigenvalue weighted by Gasteiger charge is -2.58. The van der Waals surface area contributed by atoms with Gasteiger partial charge >= 0.3 is 0 Å². The van der Waals surface area contributed by atoms with E-state index in [0.29, 0.717) is 102 Å². The Morgan fingerprint density at radius 3 is 1.25 bits per heavy atom. The molecule has 384 valence electrons. The lowest BCUT2D eigenvalue weighted by Crippen LogP contribution is -2.60. The van der Waals surface area contributed by atoms with Crippen molar-refractivity contribution in [1.82, 2.24) is 0 Å². The van der Waals surface area contributed by atoms with E-state index in [-0.39, 0.29) is 16.9 Å². The maximum atomic E-state index is 7.51. The third kappa shape index (κ3) is 2.45. The average molecular weight is 1060 g/mol. The van der Waals surface area contributed by atoms with Gasteiger partial charge in [-0.2, -0.15) is 0 Å². The van der Waals surface area contributed by atoms with Gasteiger partial charge in [0.1, 0.15) is 12.6 Å². The van der Waals surface area contributed by atoms with Crippen molar-refractivity contribution in [3.8, 4) is 0 Å². The van der Waals surface area contributed by atoms with Crippen molar-refractivity contribution >= 4 is 205 Å². The van der Waals surface area contributed by atoms with Crippen LogP contribution in [0.3, 0.4) is 0 Å². The van der Waals surface area contributed by atoms with Gasteiger partial charge in [-0.05, 0) is 283 Å². The van der Waals surface area contributed by atoms with Crippen LogP contribution in [0.5, 0.6) is 0 Å². The minimum absolute atomic E-state index is 0.185. The normalized spacial score (nSPS) is 31.0. The molecule has 33 rings (SSSR count). The van der Waals surface area contributed by atoms with Gasteiger partial charge < -0.3 is 32.9 Å². The van der Waals surface area contributed by atoms with Crippen LogP contribution in [0.25, 0.3) is 205 Å². The number of likely N-dealkylation sites (tertiary alicyclic amines) is 1. The van der Waals surface area contributed by atoms with E-state index in [4.69, 9.17) is 28.4 Å². The molecule has 19 aromatic carbocycles. The van der Waals surface area contributed by atoms with Crippen molar-refractivity contribution in [2.45, 2.75) is 47.0 Å². The molecule has 13 aliphatic carbocycles. The Labute approximate surface area is 466 Å². The van der Waals surface area contributed by atoms with Crippen molar-refractivity contribution < 1.29 is 32.9 Å². The Kier molecular flexibility index (Phi) is 4.34. The summed E-state index contributed by atoms with van der Waals surface area (Å²) in [4.78, 5) is 0. The zero-order valence-corrected chi connectivity index (χ0v) is 45.4. The van der Waals surface area contributed by atoms with Gasteiger partial charge in [-0.15, -0.1) is 0 Å². The summed E-state index contributed by atoms with van der Waals surface area (Å²) in [5.74, 6) is 1.99. The zero-order chi connectivity index (χ0) is 51.3. The second kappa shape index (κ2) is 9.67. The van der Waals surface area contributed by atoms with Gasteiger partial charge in [-0.25, -0.2) is 0 Å². The van der Waals surface area contributed by atoms with Gasteiger partial charge in [0.05, 0.1) is 90.5 Å². The molecule has 1 heterocycles. The first-order valence-electron chi connectivity index (χ1n) is 31.8. The molecule has 10 atom stereocenters. The number of likely N-dealkylation sites (N-methyl/N-ethyl adjacent to an activating group) is 1. The first kappa shape index (κ1) is 37.3. The molecule has 10 unspecified atom stereocenters. The monoisotopic (exact) mass is 1060 g/mol. The molecule has 7 heteroatoms. The number of hydrogen-bond acceptors (Lipinski definition) is 6. The second-order valence-electron chi connectivity index (χ2n) is 30.3. The first-order valence-corrected chi connectivity index (χ1v) is 31.8. The molecule has 0 saturated carbocycles. The fraction of sp³-hybridized carbons (Fsp3) is 0.316. The zero-order valence-electron chi connectivity index (χ0n) is 45.4. The van der Waals surface area contributed by atoms with E-state index in [1.54, 1.807) is 253 Å². The predicted octanol–water partition coefficient (Wildman–Crippen LogP) is 14.6. The highest BCUT2D eigenvalue weighted by Gasteiger charge is 2.88. The Morgan fingerprint density at radius 2 is 0.735 bits per heavy atom. The highest BCUT2D eigenvalue weighted by molar-refractivity contribution is 6.75. The summed E-state index contributed by atoms with van der Waals surface area (Å²) in [6.07, 6.45) is 0. The molecule has 1 saturated heterocycles. The van der Waals surface area contributed by atoms with Crippen molar-refractivity contribution in [1.29, 1.82) is 0 Å². The van der Waals surface area contributed by atoms with Crippen LogP contribution in [-0.2, 0) is 33.8 Å². The molecule has 7 nitrogen and oxygen atoms in total. The highest BCUT2D eigenvalue weighted by atomic mass is 16.5. The van der Waals surface area contributed by atoms with E-state index in [2.05, 4.69) is 7.05 Å². The Balaban J connectivity index is 0.877. The quantitative estimate of drug-likeness (QED) is 0.0515. The maximum Gasteiger partial charge on any atom is 0.124 e. The SMILES string of the molecule is COCCOCCOCC[N+]1(C)CC23C4=C5C6=C7c8c9c%10c%11c%12c%13c%14c(c2c2c%15c%16c%17c%18c%19c(c5c5c%20c%21c%22c%23c(c8C%22C65)c%10c5c%11c6c%13c8c(c%15%14)c%16c%10c%18c%11c(c%20%19)c%21c%13c%23c5c5c%13c%11c%10c8c65)C%17C42)C%12C9C73C1COCCOCCOC. The summed E-state index contributed by atoms with van der Waals surface area (Å²) in [5, 5.41) is 61.3. The van der Waals surface area contributed by atoms with Gasteiger partial charge in [0.25, 0.3) is 0 Å². The molecule has 19 aromatic rings. The molecule has 1 aliphatic heterocycles. The number of benzene rings is 13. The van der Waals surface area contributed by atoms with E-state index in [1.807, 2.05) is 44.5 Å².